The lowest BCUT2D eigenvalue weighted by atomic mass is 10.2. The number of hydrogen-bond acceptors (Lipinski definition) is 5. The van der Waals surface area contributed by atoms with E-state index in [1.54, 1.807) is 23.1 Å². The first kappa shape index (κ1) is 18.2. The van der Waals surface area contributed by atoms with E-state index < -0.39 is 0 Å². The first-order valence-corrected chi connectivity index (χ1v) is 7.90. The maximum Gasteiger partial charge on any atom is 0.248 e. The third kappa shape index (κ3) is 4.93. The molecule has 0 bridgehead atoms. The molecule has 1 N–H and O–H groups in total. The molecule has 1 aromatic rings. The van der Waals surface area contributed by atoms with E-state index in [-0.39, 0.29) is 25.0 Å². The summed E-state index contributed by atoms with van der Waals surface area (Å²) in [5.41, 5.74) is 0.770. The molecule has 1 aliphatic heterocycles. The molecule has 0 saturated carbocycles. The highest BCUT2D eigenvalue weighted by molar-refractivity contribution is 6.31. The van der Waals surface area contributed by atoms with E-state index in [9.17, 15) is 9.59 Å². The second-order valence-electron chi connectivity index (χ2n) is 5.44. The Bertz CT molecular complexity index is 651. The molecule has 0 aliphatic carbocycles. The van der Waals surface area contributed by atoms with Gasteiger partial charge in [0.15, 0.2) is 0 Å². The zero-order chi connectivity index (χ0) is 17.5. The number of benzene rings is 1. The lowest BCUT2D eigenvalue weighted by molar-refractivity contribution is -0.137. The minimum Gasteiger partial charge on any atom is -0.375 e. The summed E-state index contributed by atoms with van der Waals surface area (Å²) in [5.74, 6) is -0.260. The molecule has 7 nitrogen and oxygen atoms in total. The Morgan fingerprint density at radius 2 is 2.04 bits per heavy atom. The fourth-order valence-electron chi connectivity index (χ4n) is 2.48. The van der Waals surface area contributed by atoms with Crippen molar-refractivity contribution in [2.45, 2.75) is 0 Å². The lowest BCUT2D eigenvalue weighted by Gasteiger charge is -2.34. The number of anilines is 1. The van der Waals surface area contributed by atoms with Crippen LogP contribution in [0.15, 0.2) is 18.2 Å². The van der Waals surface area contributed by atoms with Crippen LogP contribution in [0.5, 0.6) is 0 Å². The molecule has 0 atom stereocenters. The van der Waals surface area contributed by atoms with Crippen LogP contribution in [0.2, 0.25) is 5.02 Å². The SMILES string of the molecule is COCC(=O)N1CCN(CC(=O)Nc2cc(Cl)ccc2C#N)CC1. The monoisotopic (exact) mass is 350 g/mol. The molecular formula is C16H19ClN4O3. The van der Waals surface area contributed by atoms with Crippen molar-refractivity contribution in [3.8, 4) is 6.07 Å². The number of halogens is 1. The number of ether oxygens (including phenoxy) is 1. The normalized spacial score (nSPS) is 15.0. The maximum atomic E-state index is 12.2. The fourth-order valence-corrected chi connectivity index (χ4v) is 2.65. The van der Waals surface area contributed by atoms with Gasteiger partial charge in [-0.1, -0.05) is 11.6 Å². The Hall–Kier alpha value is -2.14. The van der Waals surface area contributed by atoms with E-state index in [0.717, 1.165) is 0 Å². The minimum absolute atomic E-state index is 0.0424. The van der Waals surface area contributed by atoms with Crippen molar-refractivity contribution < 1.29 is 14.3 Å². The lowest BCUT2D eigenvalue weighted by Crippen LogP contribution is -2.51. The molecule has 2 amide bonds. The quantitative estimate of drug-likeness (QED) is 0.854. The average Bonchev–Trinajstić information content (AvgIpc) is 2.56. The largest absolute Gasteiger partial charge is 0.375 e. The number of nitriles is 1. The van der Waals surface area contributed by atoms with Crippen molar-refractivity contribution in [1.82, 2.24) is 9.80 Å². The highest BCUT2D eigenvalue weighted by Crippen LogP contribution is 2.20. The number of rotatable bonds is 5. The highest BCUT2D eigenvalue weighted by Gasteiger charge is 2.22. The van der Waals surface area contributed by atoms with Gasteiger partial charge in [0, 0.05) is 38.3 Å². The fraction of sp³-hybridized carbons (Fsp3) is 0.438. The molecule has 0 spiro atoms. The van der Waals surface area contributed by atoms with Gasteiger partial charge in [-0.25, -0.2) is 0 Å². The van der Waals surface area contributed by atoms with Gasteiger partial charge in [-0.15, -0.1) is 0 Å². The van der Waals surface area contributed by atoms with Crippen LogP contribution >= 0.6 is 11.6 Å². The van der Waals surface area contributed by atoms with Gasteiger partial charge in [0.1, 0.15) is 12.7 Å². The highest BCUT2D eigenvalue weighted by atomic mass is 35.5. The number of nitrogens with one attached hydrogen (secondary N) is 1. The van der Waals surface area contributed by atoms with Gasteiger partial charge in [0.05, 0.1) is 17.8 Å². The van der Waals surface area contributed by atoms with Gasteiger partial charge < -0.3 is 15.0 Å². The number of piperazine rings is 1. The predicted molar refractivity (Wildman–Crippen MR) is 89.7 cm³/mol. The van der Waals surface area contributed by atoms with Gasteiger partial charge >= 0.3 is 0 Å². The molecule has 0 radical (unpaired) electrons. The first-order chi connectivity index (χ1) is 11.5. The van der Waals surface area contributed by atoms with Crippen LogP contribution in [0.3, 0.4) is 0 Å². The zero-order valence-electron chi connectivity index (χ0n) is 13.4. The Labute approximate surface area is 145 Å². The van der Waals surface area contributed by atoms with Crippen LogP contribution < -0.4 is 5.32 Å². The van der Waals surface area contributed by atoms with Gasteiger partial charge in [-0.2, -0.15) is 5.26 Å². The maximum absolute atomic E-state index is 12.2. The van der Waals surface area contributed by atoms with Crippen molar-refractivity contribution >= 4 is 29.1 Å². The van der Waals surface area contributed by atoms with Crippen molar-refractivity contribution in [3.63, 3.8) is 0 Å². The van der Waals surface area contributed by atoms with E-state index in [1.165, 1.54) is 7.11 Å². The number of amides is 2. The Kier molecular flexibility index (Phi) is 6.55. The molecule has 0 unspecified atom stereocenters. The Morgan fingerprint density at radius 1 is 1.33 bits per heavy atom. The van der Waals surface area contributed by atoms with Crippen LogP contribution in [0, 0.1) is 11.3 Å². The van der Waals surface area contributed by atoms with E-state index in [4.69, 9.17) is 21.6 Å². The van der Waals surface area contributed by atoms with E-state index in [1.807, 2.05) is 11.0 Å². The first-order valence-electron chi connectivity index (χ1n) is 7.52. The van der Waals surface area contributed by atoms with Crippen LogP contribution in [0.4, 0.5) is 5.69 Å². The minimum atomic E-state index is -0.217. The molecule has 0 aromatic heterocycles. The van der Waals surface area contributed by atoms with Gasteiger partial charge in [-0.05, 0) is 18.2 Å². The van der Waals surface area contributed by atoms with Crippen molar-refractivity contribution in [1.29, 1.82) is 5.26 Å². The van der Waals surface area contributed by atoms with Crippen molar-refractivity contribution in [2.75, 3.05) is 51.8 Å². The van der Waals surface area contributed by atoms with Crippen LogP contribution in [0.1, 0.15) is 5.56 Å². The number of carbonyl (C=O) groups is 2. The third-order valence-electron chi connectivity index (χ3n) is 3.74. The Balaban J connectivity index is 1.85. The average molecular weight is 351 g/mol. The standard InChI is InChI=1S/C16H19ClN4O3/c1-24-11-16(23)21-6-4-20(5-7-21)10-15(22)19-14-8-13(17)3-2-12(14)9-18/h2-3,8H,4-7,10-11H2,1H3,(H,19,22). The summed E-state index contributed by atoms with van der Waals surface area (Å²) < 4.78 is 4.84. The summed E-state index contributed by atoms with van der Waals surface area (Å²) in [5, 5.41) is 12.2. The number of nitrogens with zero attached hydrogens (tertiary/aromatic N) is 3. The van der Waals surface area contributed by atoms with E-state index in [2.05, 4.69) is 5.32 Å². The molecule has 1 saturated heterocycles. The predicted octanol–water partition coefficient (Wildman–Crippen LogP) is 0.941. The van der Waals surface area contributed by atoms with Crippen molar-refractivity contribution in [3.05, 3.63) is 28.8 Å². The molecule has 2 rings (SSSR count). The molecule has 1 heterocycles. The Morgan fingerprint density at radius 3 is 2.67 bits per heavy atom. The van der Waals surface area contributed by atoms with Crippen LogP contribution in [-0.4, -0.2) is 68.1 Å². The summed E-state index contributed by atoms with van der Waals surface area (Å²) in [6.45, 7) is 2.63. The molecular weight excluding hydrogens is 332 g/mol. The second kappa shape index (κ2) is 8.64. The summed E-state index contributed by atoms with van der Waals surface area (Å²) in [4.78, 5) is 27.6. The second-order valence-corrected chi connectivity index (χ2v) is 5.88. The van der Waals surface area contributed by atoms with Gasteiger partial charge in [0.25, 0.3) is 0 Å². The van der Waals surface area contributed by atoms with Gasteiger partial charge in [-0.3, -0.25) is 14.5 Å². The summed E-state index contributed by atoms with van der Waals surface area (Å²) in [6.07, 6.45) is 0. The van der Waals surface area contributed by atoms with Crippen LogP contribution in [-0.2, 0) is 14.3 Å². The molecule has 1 fully saturated rings. The molecule has 1 aromatic carbocycles. The third-order valence-corrected chi connectivity index (χ3v) is 3.97. The van der Waals surface area contributed by atoms with E-state index in [0.29, 0.717) is 42.5 Å². The zero-order valence-corrected chi connectivity index (χ0v) is 14.2. The molecule has 128 valence electrons. The summed E-state index contributed by atoms with van der Waals surface area (Å²) in [6, 6.07) is 6.74. The summed E-state index contributed by atoms with van der Waals surface area (Å²) >= 11 is 5.90. The molecule has 24 heavy (non-hydrogen) atoms. The molecule has 8 heteroatoms. The molecule has 1 aliphatic rings. The number of carbonyl (C=O) groups excluding carboxylic acids is 2. The van der Waals surface area contributed by atoms with Crippen LogP contribution in [0.25, 0.3) is 0 Å². The van der Waals surface area contributed by atoms with Crippen molar-refractivity contribution in [2.24, 2.45) is 0 Å². The smallest absolute Gasteiger partial charge is 0.248 e. The number of hydrogen-bond donors (Lipinski definition) is 1. The van der Waals surface area contributed by atoms with E-state index >= 15 is 0 Å². The number of methoxy groups -OCH3 is 1. The van der Waals surface area contributed by atoms with Gasteiger partial charge in [0.2, 0.25) is 11.8 Å². The topological polar surface area (TPSA) is 85.7 Å². The summed E-state index contributed by atoms with van der Waals surface area (Å²) in [7, 11) is 1.49.